The largest absolute Gasteiger partial charge is 0.392 e. The molecule has 1 aliphatic rings. The van der Waals surface area contributed by atoms with Gasteiger partial charge in [0.25, 0.3) is 0 Å². The summed E-state index contributed by atoms with van der Waals surface area (Å²) in [5.41, 5.74) is 0. The maximum Gasteiger partial charge on any atom is 0.0664 e. The predicted molar refractivity (Wildman–Crippen MR) is 68.6 cm³/mol. The van der Waals surface area contributed by atoms with E-state index >= 15 is 0 Å². The highest BCUT2D eigenvalue weighted by molar-refractivity contribution is 4.79. The van der Waals surface area contributed by atoms with E-state index in [0.717, 1.165) is 19.4 Å². The van der Waals surface area contributed by atoms with E-state index < -0.39 is 0 Å². The zero-order chi connectivity index (χ0) is 12.0. The summed E-state index contributed by atoms with van der Waals surface area (Å²) >= 11 is 0. The van der Waals surface area contributed by atoms with Gasteiger partial charge in [0, 0.05) is 18.6 Å². The van der Waals surface area contributed by atoms with Gasteiger partial charge in [0.1, 0.15) is 0 Å². The fourth-order valence-electron chi connectivity index (χ4n) is 2.36. The molecular formula is C13H28N2O. The van der Waals surface area contributed by atoms with E-state index in [1.807, 2.05) is 0 Å². The van der Waals surface area contributed by atoms with Crippen LogP contribution in [0.25, 0.3) is 0 Å². The Morgan fingerprint density at radius 1 is 1.31 bits per heavy atom. The molecule has 1 rings (SSSR count). The topological polar surface area (TPSA) is 35.5 Å². The van der Waals surface area contributed by atoms with E-state index in [2.05, 4.69) is 31.0 Å². The van der Waals surface area contributed by atoms with E-state index in [-0.39, 0.29) is 6.10 Å². The predicted octanol–water partition coefficient (Wildman–Crippen LogP) is 1.61. The van der Waals surface area contributed by atoms with Gasteiger partial charge in [0.15, 0.2) is 0 Å². The third-order valence-electron chi connectivity index (χ3n) is 3.52. The lowest BCUT2D eigenvalue weighted by molar-refractivity contribution is 0.132. The summed E-state index contributed by atoms with van der Waals surface area (Å²) in [6.07, 6.45) is 4.26. The monoisotopic (exact) mass is 228 g/mol. The van der Waals surface area contributed by atoms with E-state index in [9.17, 15) is 5.11 Å². The SMILES string of the molecule is CCCC(O)CNC1CCN(C(C)C)CC1. The summed E-state index contributed by atoms with van der Waals surface area (Å²) in [5, 5.41) is 13.1. The van der Waals surface area contributed by atoms with Gasteiger partial charge in [-0.1, -0.05) is 13.3 Å². The molecule has 0 saturated carbocycles. The minimum absolute atomic E-state index is 0.159. The molecule has 2 N–H and O–H groups in total. The maximum absolute atomic E-state index is 9.65. The van der Waals surface area contributed by atoms with Crippen LogP contribution in [0.2, 0.25) is 0 Å². The van der Waals surface area contributed by atoms with Crippen molar-refractivity contribution in [1.29, 1.82) is 0 Å². The van der Waals surface area contributed by atoms with Crippen molar-refractivity contribution in [3.8, 4) is 0 Å². The number of piperidine rings is 1. The molecule has 1 fully saturated rings. The maximum atomic E-state index is 9.65. The third kappa shape index (κ3) is 4.81. The van der Waals surface area contributed by atoms with E-state index in [1.165, 1.54) is 25.9 Å². The Labute approximate surface area is 100 Å². The first kappa shape index (κ1) is 13.9. The Kier molecular flexibility index (Phi) is 6.32. The van der Waals surface area contributed by atoms with Crippen molar-refractivity contribution >= 4 is 0 Å². The number of nitrogens with zero attached hydrogens (tertiary/aromatic N) is 1. The van der Waals surface area contributed by atoms with Crippen LogP contribution < -0.4 is 5.32 Å². The van der Waals surface area contributed by atoms with Gasteiger partial charge in [-0.3, -0.25) is 0 Å². The second-order valence-corrected chi connectivity index (χ2v) is 5.25. The highest BCUT2D eigenvalue weighted by atomic mass is 16.3. The zero-order valence-electron chi connectivity index (χ0n) is 11.1. The molecule has 0 radical (unpaired) electrons. The van der Waals surface area contributed by atoms with Crippen molar-refractivity contribution in [3.05, 3.63) is 0 Å². The number of hydrogen-bond donors (Lipinski definition) is 2. The van der Waals surface area contributed by atoms with E-state index in [1.54, 1.807) is 0 Å². The molecule has 1 saturated heterocycles. The van der Waals surface area contributed by atoms with Crippen molar-refractivity contribution in [2.45, 2.75) is 64.6 Å². The second-order valence-electron chi connectivity index (χ2n) is 5.25. The molecule has 0 aromatic rings. The smallest absolute Gasteiger partial charge is 0.0664 e. The third-order valence-corrected chi connectivity index (χ3v) is 3.52. The summed E-state index contributed by atoms with van der Waals surface area (Å²) < 4.78 is 0. The van der Waals surface area contributed by atoms with Crippen LogP contribution in [0.1, 0.15) is 46.5 Å². The first-order chi connectivity index (χ1) is 7.63. The van der Waals surface area contributed by atoms with Crippen LogP contribution in [0.5, 0.6) is 0 Å². The molecule has 16 heavy (non-hydrogen) atoms. The number of aliphatic hydroxyl groups excluding tert-OH is 1. The highest BCUT2D eigenvalue weighted by Gasteiger charge is 2.20. The molecule has 3 heteroatoms. The van der Waals surface area contributed by atoms with Gasteiger partial charge in [-0.25, -0.2) is 0 Å². The Balaban J connectivity index is 2.12. The molecule has 0 aromatic carbocycles. The standard InChI is InChI=1S/C13H28N2O/c1-4-5-13(16)10-14-12-6-8-15(9-7-12)11(2)3/h11-14,16H,4-10H2,1-3H3. The van der Waals surface area contributed by atoms with Crippen molar-refractivity contribution < 1.29 is 5.11 Å². The summed E-state index contributed by atoms with van der Waals surface area (Å²) in [6, 6.07) is 1.29. The first-order valence-corrected chi connectivity index (χ1v) is 6.79. The molecule has 1 unspecified atom stereocenters. The van der Waals surface area contributed by atoms with Gasteiger partial charge in [-0.05, 0) is 46.2 Å². The number of aliphatic hydroxyl groups is 1. The van der Waals surface area contributed by atoms with Crippen LogP contribution in [0, 0.1) is 0 Å². The fraction of sp³-hybridized carbons (Fsp3) is 1.00. The lowest BCUT2D eigenvalue weighted by atomic mass is 10.0. The molecule has 1 atom stereocenters. The van der Waals surface area contributed by atoms with Gasteiger partial charge in [0.2, 0.25) is 0 Å². The van der Waals surface area contributed by atoms with Crippen molar-refractivity contribution in [1.82, 2.24) is 10.2 Å². The lowest BCUT2D eigenvalue weighted by Gasteiger charge is -2.35. The van der Waals surface area contributed by atoms with Gasteiger partial charge in [0.05, 0.1) is 6.10 Å². The molecule has 0 spiro atoms. The molecule has 3 nitrogen and oxygen atoms in total. The molecule has 96 valence electrons. The van der Waals surface area contributed by atoms with Crippen LogP contribution >= 0.6 is 0 Å². The van der Waals surface area contributed by atoms with Crippen LogP contribution in [-0.2, 0) is 0 Å². The Morgan fingerprint density at radius 3 is 2.44 bits per heavy atom. The first-order valence-electron chi connectivity index (χ1n) is 6.79. The zero-order valence-corrected chi connectivity index (χ0v) is 11.1. The molecule has 0 bridgehead atoms. The van der Waals surface area contributed by atoms with Crippen molar-refractivity contribution in [3.63, 3.8) is 0 Å². The lowest BCUT2D eigenvalue weighted by Crippen LogP contribution is -2.46. The minimum Gasteiger partial charge on any atom is -0.392 e. The average Bonchev–Trinajstić information content (AvgIpc) is 2.27. The highest BCUT2D eigenvalue weighted by Crippen LogP contribution is 2.12. The van der Waals surface area contributed by atoms with Gasteiger partial charge < -0.3 is 15.3 Å². The van der Waals surface area contributed by atoms with Crippen LogP contribution in [0.15, 0.2) is 0 Å². The molecule has 0 amide bonds. The minimum atomic E-state index is -0.159. The Morgan fingerprint density at radius 2 is 1.94 bits per heavy atom. The Bertz CT molecular complexity index is 177. The van der Waals surface area contributed by atoms with E-state index in [0.29, 0.717) is 12.1 Å². The van der Waals surface area contributed by atoms with E-state index in [4.69, 9.17) is 0 Å². The van der Waals surface area contributed by atoms with Crippen LogP contribution in [-0.4, -0.2) is 47.8 Å². The van der Waals surface area contributed by atoms with Crippen LogP contribution in [0.3, 0.4) is 0 Å². The molecule has 0 aromatic heterocycles. The number of hydrogen-bond acceptors (Lipinski definition) is 3. The Hall–Kier alpha value is -0.120. The summed E-state index contributed by atoms with van der Waals surface area (Å²) in [4.78, 5) is 2.53. The molecule has 1 aliphatic heterocycles. The second kappa shape index (κ2) is 7.25. The summed E-state index contributed by atoms with van der Waals surface area (Å²) in [5.74, 6) is 0. The van der Waals surface area contributed by atoms with Gasteiger partial charge >= 0.3 is 0 Å². The number of rotatable bonds is 6. The van der Waals surface area contributed by atoms with Gasteiger partial charge in [-0.15, -0.1) is 0 Å². The quantitative estimate of drug-likeness (QED) is 0.725. The molecule has 1 heterocycles. The van der Waals surface area contributed by atoms with Crippen molar-refractivity contribution in [2.24, 2.45) is 0 Å². The fourth-order valence-corrected chi connectivity index (χ4v) is 2.36. The average molecular weight is 228 g/mol. The number of nitrogens with one attached hydrogen (secondary N) is 1. The van der Waals surface area contributed by atoms with Gasteiger partial charge in [-0.2, -0.15) is 0 Å². The van der Waals surface area contributed by atoms with Crippen LogP contribution in [0.4, 0.5) is 0 Å². The molecule has 0 aliphatic carbocycles. The summed E-state index contributed by atoms with van der Waals surface area (Å²) in [7, 11) is 0. The number of likely N-dealkylation sites (tertiary alicyclic amines) is 1. The summed E-state index contributed by atoms with van der Waals surface area (Å²) in [6.45, 7) is 9.79. The normalized spacial score (nSPS) is 21.6. The molecular weight excluding hydrogens is 200 g/mol. The van der Waals surface area contributed by atoms with Crippen molar-refractivity contribution in [2.75, 3.05) is 19.6 Å².